The summed E-state index contributed by atoms with van der Waals surface area (Å²) in [7, 11) is -3.68. The summed E-state index contributed by atoms with van der Waals surface area (Å²) in [5.74, 6) is -0.409. The molecule has 3 aromatic carbocycles. The van der Waals surface area contributed by atoms with Crippen molar-refractivity contribution in [3.63, 3.8) is 0 Å². The molecule has 29 heavy (non-hydrogen) atoms. The zero-order chi connectivity index (χ0) is 20.8. The van der Waals surface area contributed by atoms with Gasteiger partial charge in [-0.2, -0.15) is 0 Å². The molecule has 1 N–H and O–H groups in total. The van der Waals surface area contributed by atoms with Gasteiger partial charge in [-0.15, -0.1) is 0 Å². The SMILES string of the molecule is Cc1c(Cl)cccc1N(CC(=O)Nc1ccc2c3c(cccc13)CC2)S(C)(=O)=O. The van der Waals surface area contributed by atoms with Crippen LogP contribution in [0.5, 0.6) is 0 Å². The van der Waals surface area contributed by atoms with E-state index >= 15 is 0 Å². The average Bonchev–Trinajstić information content (AvgIpc) is 3.09. The number of hydrogen-bond acceptors (Lipinski definition) is 3. The third-order valence-electron chi connectivity index (χ3n) is 5.35. The number of aryl methyl sites for hydroxylation is 2. The zero-order valence-electron chi connectivity index (χ0n) is 16.2. The van der Waals surface area contributed by atoms with Gasteiger partial charge in [0.1, 0.15) is 6.54 Å². The normalized spacial score (nSPS) is 12.9. The van der Waals surface area contributed by atoms with Gasteiger partial charge in [-0.3, -0.25) is 9.10 Å². The Hall–Kier alpha value is -2.57. The molecule has 0 saturated heterocycles. The summed E-state index contributed by atoms with van der Waals surface area (Å²) < 4.78 is 25.9. The number of nitrogens with one attached hydrogen (secondary N) is 1. The Morgan fingerprint density at radius 3 is 2.48 bits per heavy atom. The monoisotopic (exact) mass is 428 g/mol. The first kappa shape index (κ1) is 19.7. The van der Waals surface area contributed by atoms with E-state index in [0.717, 1.165) is 28.8 Å². The van der Waals surface area contributed by atoms with Crippen LogP contribution in [0.3, 0.4) is 0 Å². The van der Waals surface area contributed by atoms with Crippen molar-refractivity contribution in [1.82, 2.24) is 0 Å². The third kappa shape index (κ3) is 3.70. The molecule has 5 nitrogen and oxygen atoms in total. The lowest BCUT2D eigenvalue weighted by molar-refractivity contribution is -0.114. The number of rotatable bonds is 5. The van der Waals surface area contributed by atoms with Crippen LogP contribution in [0.4, 0.5) is 11.4 Å². The van der Waals surface area contributed by atoms with Gasteiger partial charge in [-0.25, -0.2) is 8.42 Å². The van der Waals surface area contributed by atoms with E-state index in [1.54, 1.807) is 25.1 Å². The molecule has 0 fully saturated rings. The maximum absolute atomic E-state index is 12.8. The maximum Gasteiger partial charge on any atom is 0.245 e. The summed E-state index contributed by atoms with van der Waals surface area (Å²) in [4.78, 5) is 12.8. The fraction of sp³-hybridized carbons (Fsp3) is 0.227. The highest BCUT2D eigenvalue weighted by Crippen LogP contribution is 2.35. The number of halogens is 1. The molecule has 0 heterocycles. The van der Waals surface area contributed by atoms with E-state index in [-0.39, 0.29) is 6.54 Å². The van der Waals surface area contributed by atoms with Crippen molar-refractivity contribution >= 4 is 49.7 Å². The Balaban J connectivity index is 1.65. The summed E-state index contributed by atoms with van der Waals surface area (Å²) in [5.41, 5.74) is 4.25. The van der Waals surface area contributed by atoms with Crippen molar-refractivity contribution < 1.29 is 13.2 Å². The maximum atomic E-state index is 12.8. The lowest BCUT2D eigenvalue weighted by Crippen LogP contribution is -2.37. The number of carbonyl (C=O) groups is 1. The van der Waals surface area contributed by atoms with Gasteiger partial charge >= 0.3 is 0 Å². The van der Waals surface area contributed by atoms with Crippen LogP contribution in [0.25, 0.3) is 10.8 Å². The van der Waals surface area contributed by atoms with Crippen LogP contribution in [-0.2, 0) is 27.7 Å². The lowest BCUT2D eigenvalue weighted by atomic mass is 10.0. The van der Waals surface area contributed by atoms with E-state index in [2.05, 4.69) is 11.4 Å². The molecule has 0 aromatic heterocycles. The largest absolute Gasteiger partial charge is 0.324 e. The van der Waals surface area contributed by atoms with Gasteiger partial charge in [-0.1, -0.05) is 41.9 Å². The summed E-state index contributed by atoms with van der Waals surface area (Å²) in [6, 6.07) is 15.0. The standard InChI is InChI=1S/C22H21ClN2O3S/c1-14-18(23)7-4-8-20(14)25(29(2,27)28)13-21(26)24-19-12-11-16-10-9-15-5-3-6-17(19)22(15)16/h3-8,11-12H,9-10,13H2,1-2H3,(H,24,26). The first-order valence-electron chi connectivity index (χ1n) is 9.32. The summed E-state index contributed by atoms with van der Waals surface area (Å²) >= 11 is 6.15. The van der Waals surface area contributed by atoms with Crippen LogP contribution in [0, 0.1) is 6.92 Å². The first-order chi connectivity index (χ1) is 13.8. The average molecular weight is 429 g/mol. The molecule has 0 saturated carbocycles. The fourth-order valence-electron chi connectivity index (χ4n) is 3.92. The van der Waals surface area contributed by atoms with E-state index in [9.17, 15) is 13.2 Å². The van der Waals surface area contributed by atoms with Crippen LogP contribution in [0.2, 0.25) is 5.02 Å². The lowest BCUT2D eigenvalue weighted by Gasteiger charge is -2.24. The van der Waals surface area contributed by atoms with Gasteiger partial charge in [0, 0.05) is 16.1 Å². The van der Waals surface area contributed by atoms with E-state index in [1.807, 2.05) is 24.3 Å². The van der Waals surface area contributed by atoms with E-state index in [4.69, 9.17) is 11.6 Å². The minimum absolute atomic E-state index is 0.330. The second-order valence-corrected chi connectivity index (χ2v) is 9.63. The van der Waals surface area contributed by atoms with E-state index < -0.39 is 15.9 Å². The highest BCUT2D eigenvalue weighted by atomic mass is 35.5. The van der Waals surface area contributed by atoms with Crippen LogP contribution in [-0.4, -0.2) is 27.1 Å². The molecule has 0 unspecified atom stereocenters. The molecule has 0 radical (unpaired) electrons. The van der Waals surface area contributed by atoms with Crippen molar-refractivity contribution in [3.8, 4) is 0 Å². The minimum Gasteiger partial charge on any atom is -0.324 e. The topological polar surface area (TPSA) is 66.5 Å². The number of amides is 1. The molecule has 4 rings (SSSR count). The van der Waals surface area contributed by atoms with Crippen molar-refractivity contribution in [1.29, 1.82) is 0 Å². The van der Waals surface area contributed by atoms with Gasteiger partial charge < -0.3 is 5.32 Å². The number of sulfonamides is 1. The number of nitrogens with zero attached hydrogens (tertiary/aromatic N) is 1. The Labute approximate surface area is 175 Å². The molecular weight excluding hydrogens is 408 g/mol. The number of benzene rings is 3. The van der Waals surface area contributed by atoms with E-state index in [1.165, 1.54) is 16.5 Å². The van der Waals surface area contributed by atoms with Gasteiger partial charge in [-0.05, 0) is 60.0 Å². The van der Waals surface area contributed by atoms with Crippen molar-refractivity contribution in [2.45, 2.75) is 19.8 Å². The highest BCUT2D eigenvalue weighted by molar-refractivity contribution is 7.92. The molecule has 1 aliphatic rings. The second-order valence-electron chi connectivity index (χ2n) is 7.31. The molecule has 0 atom stereocenters. The molecule has 1 amide bonds. The summed E-state index contributed by atoms with van der Waals surface area (Å²) in [5, 5.41) is 5.52. The fourth-order valence-corrected chi connectivity index (χ4v) is 5.00. The quantitative estimate of drug-likeness (QED) is 0.658. The molecule has 3 aromatic rings. The van der Waals surface area contributed by atoms with Crippen LogP contribution < -0.4 is 9.62 Å². The zero-order valence-corrected chi connectivity index (χ0v) is 17.8. The molecule has 0 spiro atoms. The van der Waals surface area contributed by atoms with Crippen LogP contribution >= 0.6 is 11.6 Å². The Kier molecular flexibility index (Phi) is 5.00. The molecule has 1 aliphatic carbocycles. The van der Waals surface area contributed by atoms with Crippen molar-refractivity contribution in [2.75, 3.05) is 22.4 Å². The van der Waals surface area contributed by atoms with Crippen LogP contribution in [0.1, 0.15) is 16.7 Å². The van der Waals surface area contributed by atoms with Gasteiger partial charge in [0.25, 0.3) is 0 Å². The summed E-state index contributed by atoms with van der Waals surface area (Å²) in [6.07, 6.45) is 3.08. The van der Waals surface area contributed by atoms with Crippen LogP contribution in [0.15, 0.2) is 48.5 Å². The van der Waals surface area contributed by atoms with Gasteiger partial charge in [0.15, 0.2) is 0 Å². The molecule has 0 aliphatic heterocycles. The Bertz CT molecular complexity index is 1230. The first-order valence-corrected chi connectivity index (χ1v) is 11.5. The van der Waals surface area contributed by atoms with Crippen molar-refractivity contribution in [3.05, 3.63) is 70.2 Å². The molecule has 150 valence electrons. The number of carbonyl (C=O) groups excluding carboxylic acids is 1. The highest BCUT2D eigenvalue weighted by Gasteiger charge is 2.24. The Morgan fingerprint density at radius 2 is 1.76 bits per heavy atom. The number of hydrogen-bond donors (Lipinski definition) is 1. The predicted octanol–water partition coefficient (Wildman–Crippen LogP) is 4.30. The smallest absolute Gasteiger partial charge is 0.245 e. The van der Waals surface area contributed by atoms with E-state index in [0.29, 0.717) is 22.0 Å². The minimum atomic E-state index is -3.68. The van der Waals surface area contributed by atoms with Crippen molar-refractivity contribution in [2.24, 2.45) is 0 Å². The van der Waals surface area contributed by atoms with Gasteiger partial charge in [0.2, 0.25) is 15.9 Å². The molecule has 0 bridgehead atoms. The molecule has 7 heteroatoms. The van der Waals surface area contributed by atoms with Gasteiger partial charge in [0.05, 0.1) is 11.9 Å². The molecular formula is C22H21ClN2O3S. The predicted molar refractivity (Wildman–Crippen MR) is 118 cm³/mol. The third-order valence-corrected chi connectivity index (χ3v) is 6.88. The Morgan fingerprint density at radius 1 is 1.07 bits per heavy atom. The summed E-state index contributed by atoms with van der Waals surface area (Å²) in [6.45, 7) is 1.40. The number of anilines is 2. The second kappa shape index (κ2) is 7.35.